The number of hydrogen-bond donors (Lipinski definition) is 1. The molecule has 2 amide bonds. The monoisotopic (exact) mass is 448 g/mol. The quantitative estimate of drug-likeness (QED) is 0.487. The van der Waals surface area contributed by atoms with Crippen molar-refractivity contribution in [2.75, 3.05) is 13.2 Å². The molecule has 0 saturated carbocycles. The Bertz CT molecular complexity index is 1020. The summed E-state index contributed by atoms with van der Waals surface area (Å²) in [4.78, 5) is 28.2. The van der Waals surface area contributed by atoms with Crippen molar-refractivity contribution >= 4 is 11.8 Å². The number of hydrogen-bond acceptors (Lipinski definition) is 3. The van der Waals surface area contributed by atoms with Gasteiger partial charge in [-0.3, -0.25) is 9.59 Å². The molecular weight excluding hydrogens is 419 g/mol. The summed E-state index contributed by atoms with van der Waals surface area (Å²) in [5, 5.41) is 2.95. The fourth-order valence-electron chi connectivity index (χ4n) is 3.36. The molecule has 3 aromatic carbocycles. The summed E-state index contributed by atoms with van der Waals surface area (Å²) in [7, 11) is 0. The molecule has 0 aromatic heterocycles. The molecule has 0 heterocycles. The highest BCUT2D eigenvalue weighted by Crippen LogP contribution is 2.24. The first kappa shape index (κ1) is 24.0. The van der Waals surface area contributed by atoms with Crippen LogP contribution in [0.2, 0.25) is 0 Å². The van der Waals surface area contributed by atoms with E-state index in [1.165, 1.54) is 17.0 Å². The molecule has 1 atom stereocenters. The zero-order valence-corrected chi connectivity index (χ0v) is 18.9. The number of para-hydroxylation sites is 1. The van der Waals surface area contributed by atoms with Crippen LogP contribution in [-0.4, -0.2) is 29.9 Å². The van der Waals surface area contributed by atoms with Gasteiger partial charge in [0.1, 0.15) is 17.6 Å². The van der Waals surface area contributed by atoms with Gasteiger partial charge in [-0.05, 0) is 41.3 Å². The number of rotatable bonds is 10. The van der Waals surface area contributed by atoms with Crippen LogP contribution in [-0.2, 0) is 16.1 Å². The Kier molecular flexibility index (Phi) is 8.58. The number of halogens is 1. The van der Waals surface area contributed by atoms with E-state index in [4.69, 9.17) is 4.74 Å². The van der Waals surface area contributed by atoms with E-state index in [-0.39, 0.29) is 36.7 Å². The highest BCUT2D eigenvalue weighted by atomic mass is 19.1. The first-order chi connectivity index (χ1) is 15.9. The molecule has 0 aliphatic rings. The van der Waals surface area contributed by atoms with E-state index in [0.717, 1.165) is 0 Å². The number of carbonyl (C=O) groups is 2. The summed E-state index contributed by atoms with van der Waals surface area (Å²) < 4.78 is 19.1. The van der Waals surface area contributed by atoms with E-state index in [9.17, 15) is 14.0 Å². The van der Waals surface area contributed by atoms with Crippen molar-refractivity contribution in [2.24, 2.45) is 5.92 Å². The molecule has 0 bridgehead atoms. The van der Waals surface area contributed by atoms with Crippen LogP contribution in [0.1, 0.15) is 31.0 Å². The molecule has 3 aromatic rings. The van der Waals surface area contributed by atoms with Crippen molar-refractivity contribution in [2.45, 2.75) is 26.4 Å². The van der Waals surface area contributed by atoms with Crippen LogP contribution in [0.15, 0.2) is 84.9 Å². The normalized spacial score (nSPS) is 11.6. The lowest BCUT2D eigenvalue weighted by Gasteiger charge is -2.32. The van der Waals surface area contributed by atoms with E-state index >= 15 is 0 Å². The highest BCUT2D eigenvalue weighted by molar-refractivity contribution is 5.89. The third-order valence-electron chi connectivity index (χ3n) is 5.05. The van der Waals surface area contributed by atoms with Gasteiger partial charge in [-0.25, -0.2) is 4.39 Å². The fraction of sp³-hybridized carbons (Fsp3) is 0.259. The van der Waals surface area contributed by atoms with Crippen LogP contribution in [0.3, 0.4) is 0 Å². The Morgan fingerprint density at radius 3 is 2.12 bits per heavy atom. The lowest BCUT2D eigenvalue weighted by Crippen LogP contribution is -2.45. The van der Waals surface area contributed by atoms with Gasteiger partial charge >= 0.3 is 0 Å². The molecule has 5 nitrogen and oxygen atoms in total. The van der Waals surface area contributed by atoms with Gasteiger partial charge in [0.2, 0.25) is 5.91 Å². The number of amides is 2. The third-order valence-corrected chi connectivity index (χ3v) is 5.05. The molecule has 0 radical (unpaired) electrons. The minimum atomic E-state index is -0.859. The number of nitrogens with one attached hydrogen (secondary N) is 1. The maximum atomic E-state index is 13.5. The molecular formula is C27H29FN2O3. The number of nitrogens with zero attached hydrogens (tertiary/aromatic N) is 1. The summed E-state index contributed by atoms with van der Waals surface area (Å²) in [6.45, 7) is 4.40. The highest BCUT2D eigenvalue weighted by Gasteiger charge is 2.31. The molecule has 0 aliphatic heterocycles. The molecule has 6 heteroatoms. The molecule has 0 saturated heterocycles. The summed E-state index contributed by atoms with van der Waals surface area (Å²) in [5.74, 6) is -0.165. The molecule has 172 valence electrons. The van der Waals surface area contributed by atoms with Crippen molar-refractivity contribution in [1.82, 2.24) is 10.2 Å². The second-order valence-corrected chi connectivity index (χ2v) is 8.20. The zero-order valence-electron chi connectivity index (χ0n) is 18.9. The van der Waals surface area contributed by atoms with Gasteiger partial charge in [0.05, 0.1) is 0 Å². The largest absolute Gasteiger partial charge is 0.484 e. The molecule has 3 rings (SSSR count). The van der Waals surface area contributed by atoms with Crippen LogP contribution < -0.4 is 10.1 Å². The first-order valence-electron chi connectivity index (χ1n) is 11.0. The standard InChI is InChI=1S/C27H29FN2O3/c1-20(2)17-29-27(32)26(22-9-5-3-6-10-22)30(18-21-13-15-23(28)16-14-21)25(31)19-33-24-11-7-4-8-12-24/h3-16,20,26H,17-19H2,1-2H3,(H,29,32)/t26-/m0/s1. The Morgan fingerprint density at radius 1 is 0.909 bits per heavy atom. The molecule has 0 fully saturated rings. The Morgan fingerprint density at radius 2 is 1.52 bits per heavy atom. The van der Waals surface area contributed by atoms with E-state index < -0.39 is 6.04 Å². The minimum absolute atomic E-state index is 0.131. The van der Waals surface area contributed by atoms with Crippen molar-refractivity contribution in [3.05, 3.63) is 102 Å². The van der Waals surface area contributed by atoms with Gasteiger partial charge in [0.25, 0.3) is 5.91 Å². The summed E-state index contributed by atoms with van der Waals surface area (Å²) in [6.07, 6.45) is 0. The maximum absolute atomic E-state index is 13.5. The lowest BCUT2D eigenvalue weighted by molar-refractivity contribution is -0.143. The van der Waals surface area contributed by atoms with Gasteiger partial charge in [-0.1, -0.05) is 74.5 Å². The minimum Gasteiger partial charge on any atom is -0.484 e. The SMILES string of the molecule is CC(C)CNC(=O)[C@H](c1ccccc1)N(Cc1ccc(F)cc1)C(=O)COc1ccccc1. The van der Waals surface area contributed by atoms with Crippen molar-refractivity contribution in [3.63, 3.8) is 0 Å². The summed E-state index contributed by atoms with van der Waals surface area (Å²) in [6, 6.07) is 23.3. The lowest BCUT2D eigenvalue weighted by atomic mass is 10.0. The van der Waals surface area contributed by atoms with Crippen molar-refractivity contribution < 1.29 is 18.7 Å². The Labute approximate surface area is 194 Å². The van der Waals surface area contributed by atoms with Crippen LogP contribution in [0.4, 0.5) is 4.39 Å². The summed E-state index contributed by atoms with van der Waals surface area (Å²) in [5.41, 5.74) is 1.40. The van der Waals surface area contributed by atoms with Gasteiger partial charge in [-0.2, -0.15) is 0 Å². The molecule has 0 unspecified atom stereocenters. The molecule has 0 aliphatic carbocycles. The van der Waals surface area contributed by atoms with Crippen molar-refractivity contribution in [1.29, 1.82) is 0 Å². The zero-order chi connectivity index (χ0) is 23.6. The third kappa shape index (κ3) is 7.17. The number of ether oxygens (including phenoxy) is 1. The smallest absolute Gasteiger partial charge is 0.261 e. The van der Waals surface area contributed by atoms with Crippen LogP contribution in [0, 0.1) is 11.7 Å². The van der Waals surface area contributed by atoms with Gasteiger partial charge in [0, 0.05) is 13.1 Å². The first-order valence-corrected chi connectivity index (χ1v) is 11.0. The average Bonchev–Trinajstić information content (AvgIpc) is 2.83. The second-order valence-electron chi connectivity index (χ2n) is 8.20. The van der Waals surface area contributed by atoms with Gasteiger partial charge in [-0.15, -0.1) is 0 Å². The molecule has 33 heavy (non-hydrogen) atoms. The predicted molar refractivity (Wildman–Crippen MR) is 126 cm³/mol. The van der Waals surface area contributed by atoms with Crippen molar-refractivity contribution in [3.8, 4) is 5.75 Å². The fourth-order valence-corrected chi connectivity index (χ4v) is 3.36. The maximum Gasteiger partial charge on any atom is 0.261 e. The van der Waals surface area contributed by atoms with E-state index in [1.807, 2.05) is 62.4 Å². The second kappa shape index (κ2) is 11.8. The van der Waals surface area contributed by atoms with E-state index in [2.05, 4.69) is 5.32 Å². The van der Waals surface area contributed by atoms with E-state index in [0.29, 0.717) is 23.4 Å². The number of carbonyl (C=O) groups excluding carboxylic acids is 2. The average molecular weight is 449 g/mol. The predicted octanol–water partition coefficient (Wildman–Crippen LogP) is 4.75. The van der Waals surface area contributed by atoms with Gasteiger partial charge in [0.15, 0.2) is 6.61 Å². The Balaban J connectivity index is 1.92. The van der Waals surface area contributed by atoms with Crippen LogP contribution in [0.25, 0.3) is 0 Å². The van der Waals surface area contributed by atoms with Crippen LogP contribution in [0.5, 0.6) is 5.75 Å². The topological polar surface area (TPSA) is 58.6 Å². The summed E-state index contributed by atoms with van der Waals surface area (Å²) >= 11 is 0. The molecule has 0 spiro atoms. The van der Waals surface area contributed by atoms with E-state index in [1.54, 1.807) is 24.3 Å². The van der Waals surface area contributed by atoms with Gasteiger partial charge < -0.3 is 15.0 Å². The number of benzene rings is 3. The van der Waals surface area contributed by atoms with Crippen LogP contribution >= 0.6 is 0 Å². The molecule has 1 N–H and O–H groups in total. The Hall–Kier alpha value is -3.67.